The van der Waals surface area contributed by atoms with Crippen LogP contribution in [0.15, 0.2) is 54.6 Å². The minimum atomic E-state index is -3.44. The van der Waals surface area contributed by atoms with E-state index in [2.05, 4.69) is 4.72 Å². The summed E-state index contributed by atoms with van der Waals surface area (Å²) >= 11 is 5.94. The summed E-state index contributed by atoms with van der Waals surface area (Å²) in [6.07, 6.45) is 0. The van der Waals surface area contributed by atoms with Gasteiger partial charge in [-0.3, -0.25) is 4.72 Å². The predicted octanol–water partition coefficient (Wildman–Crippen LogP) is 3.28. The molecule has 2 aromatic carbocycles. The van der Waals surface area contributed by atoms with E-state index >= 15 is 0 Å². The number of hydrogen-bond donors (Lipinski definition) is 1. The molecule has 0 bridgehead atoms. The molecule has 0 saturated carbocycles. The van der Waals surface area contributed by atoms with Crippen molar-refractivity contribution < 1.29 is 8.42 Å². The zero-order valence-corrected chi connectivity index (χ0v) is 11.1. The first-order chi connectivity index (χ1) is 8.57. The molecule has 0 aliphatic rings. The standard InChI is InChI=1S/C13H12ClNO2S/c14-13-9-5-4-6-11(13)10-18(16,17)15-12-7-2-1-3-8-12/h1-9,15H,10H2. The molecule has 18 heavy (non-hydrogen) atoms. The number of hydrogen-bond acceptors (Lipinski definition) is 2. The molecule has 94 valence electrons. The third kappa shape index (κ3) is 3.48. The first-order valence-corrected chi connectivity index (χ1v) is 7.39. The Bertz CT molecular complexity index is 626. The van der Waals surface area contributed by atoms with E-state index < -0.39 is 10.0 Å². The molecular weight excluding hydrogens is 270 g/mol. The fourth-order valence-corrected chi connectivity index (χ4v) is 3.05. The summed E-state index contributed by atoms with van der Waals surface area (Å²) in [7, 11) is -3.44. The van der Waals surface area contributed by atoms with Crippen LogP contribution < -0.4 is 4.72 Å². The molecule has 3 nitrogen and oxygen atoms in total. The number of halogens is 1. The predicted molar refractivity (Wildman–Crippen MR) is 74.1 cm³/mol. The molecule has 0 heterocycles. The third-order valence-electron chi connectivity index (χ3n) is 2.35. The van der Waals surface area contributed by atoms with Crippen LogP contribution in [-0.4, -0.2) is 8.42 Å². The van der Waals surface area contributed by atoms with Crippen LogP contribution in [0.3, 0.4) is 0 Å². The van der Waals surface area contributed by atoms with Crippen molar-refractivity contribution in [1.29, 1.82) is 0 Å². The third-order valence-corrected chi connectivity index (χ3v) is 3.96. The van der Waals surface area contributed by atoms with Gasteiger partial charge in [-0.05, 0) is 23.8 Å². The van der Waals surface area contributed by atoms with Crippen molar-refractivity contribution >= 4 is 27.3 Å². The molecule has 0 aliphatic heterocycles. The van der Waals surface area contributed by atoms with Crippen LogP contribution in [0.25, 0.3) is 0 Å². The molecule has 0 unspecified atom stereocenters. The zero-order chi connectivity index (χ0) is 13.0. The van der Waals surface area contributed by atoms with Gasteiger partial charge in [0.1, 0.15) is 0 Å². The van der Waals surface area contributed by atoms with Crippen LogP contribution in [0.2, 0.25) is 5.02 Å². The topological polar surface area (TPSA) is 46.2 Å². The Balaban J connectivity index is 2.16. The van der Waals surface area contributed by atoms with E-state index in [0.29, 0.717) is 16.3 Å². The van der Waals surface area contributed by atoms with Crippen LogP contribution in [0.4, 0.5) is 5.69 Å². The molecule has 0 spiro atoms. The van der Waals surface area contributed by atoms with E-state index in [4.69, 9.17) is 11.6 Å². The molecule has 0 saturated heterocycles. The van der Waals surface area contributed by atoms with Gasteiger partial charge in [0, 0.05) is 10.7 Å². The lowest BCUT2D eigenvalue weighted by molar-refractivity contribution is 0.600. The Kier molecular flexibility index (Phi) is 3.89. The number of rotatable bonds is 4. The molecule has 0 radical (unpaired) electrons. The van der Waals surface area contributed by atoms with Gasteiger partial charge in [0.15, 0.2) is 0 Å². The Labute approximate surface area is 111 Å². The van der Waals surface area contributed by atoms with Gasteiger partial charge in [0.2, 0.25) is 10.0 Å². The van der Waals surface area contributed by atoms with E-state index in [1.807, 2.05) is 6.07 Å². The second-order valence-corrected chi connectivity index (χ2v) is 5.95. The maximum absolute atomic E-state index is 12.0. The van der Waals surface area contributed by atoms with E-state index in [1.165, 1.54) is 0 Å². The van der Waals surface area contributed by atoms with Crippen molar-refractivity contribution in [2.24, 2.45) is 0 Å². The number of anilines is 1. The van der Waals surface area contributed by atoms with Crippen molar-refractivity contribution in [2.75, 3.05) is 4.72 Å². The Morgan fingerprint density at radius 3 is 2.22 bits per heavy atom. The zero-order valence-electron chi connectivity index (χ0n) is 9.51. The van der Waals surface area contributed by atoms with Crippen molar-refractivity contribution in [3.05, 3.63) is 65.2 Å². The Hall–Kier alpha value is -1.52. The minimum absolute atomic E-state index is 0.137. The molecule has 2 aromatic rings. The summed E-state index contributed by atoms with van der Waals surface area (Å²) in [5, 5.41) is 0.455. The Morgan fingerprint density at radius 1 is 0.944 bits per heavy atom. The van der Waals surface area contributed by atoms with Crippen LogP contribution in [0.5, 0.6) is 0 Å². The second kappa shape index (κ2) is 5.42. The van der Waals surface area contributed by atoms with Crippen molar-refractivity contribution in [1.82, 2.24) is 0 Å². The quantitative estimate of drug-likeness (QED) is 0.935. The van der Waals surface area contributed by atoms with E-state index in [-0.39, 0.29) is 5.75 Å². The molecular formula is C13H12ClNO2S. The van der Waals surface area contributed by atoms with Gasteiger partial charge in [-0.25, -0.2) is 8.42 Å². The van der Waals surface area contributed by atoms with E-state index in [9.17, 15) is 8.42 Å². The largest absolute Gasteiger partial charge is 0.283 e. The van der Waals surface area contributed by atoms with Crippen LogP contribution in [0.1, 0.15) is 5.56 Å². The summed E-state index contributed by atoms with van der Waals surface area (Å²) < 4.78 is 26.4. The molecule has 0 aromatic heterocycles. The first kappa shape index (κ1) is 12.9. The fourth-order valence-electron chi connectivity index (χ4n) is 1.54. The number of benzene rings is 2. The number of para-hydroxylation sites is 1. The van der Waals surface area contributed by atoms with Gasteiger partial charge < -0.3 is 0 Å². The fraction of sp³-hybridized carbons (Fsp3) is 0.0769. The summed E-state index contributed by atoms with van der Waals surface area (Å²) in [5.74, 6) is -0.137. The highest BCUT2D eigenvalue weighted by Gasteiger charge is 2.13. The van der Waals surface area contributed by atoms with Crippen molar-refractivity contribution in [3.8, 4) is 0 Å². The van der Waals surface area contributed by atoms with Gasteiger partial charge in [-0.2, -0.15) is 0 Å². The first-order valence-electron chi connectivity index (χ1n) is 5.36. The van der Waals surface area contributed by atoms with Gasteiger partial charge in [0.05, 0.1) is 5.75 Å². The van der Waals surface area contributed by atoms with Crippen molar-refractivity contribution in [2.45, 2.75) is 5.75 Å². The van der Waals surface area contributed by atoms with Gasteiger partial charge in [-0.15, -0.1) is 0 Å². The molecule has 0 aliphatic carbocycles. The average Bonchev–Trinajstić information content (AvgIpc) is 2.32. The van der Waals surface area contributed by atoms with Gasteiger partial charge in [0.25, 0.3) is 0 Å². The molecule has 0 atom stereocenters. The SMILES string of the molecule is O=S(=O)(Cc1ccccc1Cl)Nc1ccccc1. The molecule has 0 fully saturated rings. The minimum Gasteiger partial charge on any atom is -0.283 e. The van der Waals surface area contributed by atoms with Crippen LogP contribution >= 0.6 is 11.6 Å². The van der Waals surface area contributed by atoms with Crippen LogP contribution in [0, 0.1) is 0 Å². The van der Waals surface area contributed by atoms with Gasteiger partial charge in [-0.1, -0.05) is 48.0 Å². The van der Waals surface area contributed by atoms with Crippen molar-refractivity contribution in [3.63, 3.8) is 0 Å². The average molecular weight is 282 g/mol. The summed E-state index contributed by atoms with van der Waals surface area (Å²) in [6, 6.07) is 15.7. The van der Waals surface area contributed by atoms with E-state index in [0.717, 1.165) is 0 Å². The monoisotopic (exact) mass is 281 g/mol. The maximum Gasteiger partial charge on any atom is 0.236 e. The number of sulfonamides is 1. The van der Waals surface area contributed by atoms with E-state index in [1.54, 1.807) is 48.5 Å². The second-order valence-electron chi connectivity index (χ2n) is 3.82. The number of nitrogens with one attached hydrogen (secondary N) is 1. The highest BCUT2D eigenvalue weighted by atomic mass is 35.5. The summed E-state index contributed by atoms with van der Waals surface area (Å²) in [4.78, 5) is 0. The maximum atomic E-state index is 12.0. The lowest BCUT2D eigenvalue weighted by Crippen LogP contribution is -2.15. The normalized spacial score (nSPS) is 11.2. The molecule has 1 N–H and O–H groups in total. The highest BCUT2D eigenvalue weighted by Crippen LogP contribution is 2.19. The summed E-state index contributed by atoms with van der Waals surface area (Å²) in [5.41, 5.74) is 1.13. The smallest absolute Gasteiger partial charge is 0.236 e. The van der Waals surface area contributed by atoms with Gasteiger partial charge >= 0.3 is 0 Å². The molecule has 5 heteroatoms. The lowest BCUT2D eigenvalue weighted by atomic mass is 10.2. The molecule has 0 amide bonds. The van der Waals surface area contributed by atoms with Crippen LogP contribution in [-0.2, 0) is 15.8 Å². The lowest BCUT2D eigenvalue weighted by Gasteiger charge is -2.08. The molecule has 2 rings (SSSR count). The highest BCUT2D eigenvalue weighted by molar-refractivity contribution is 7.91. The Morgan fingerprint density at radius 2 is 1.56 bits per heavy atom. The summed E-state index contributed by atoms with van der Waals surface area (Å²) in [6.45, 7) is 0.